The van der Waals surface area contributed by atoms with E-state index in [2.05, 4.69) is 20.5 Å². The molecule has 0 unspecified atom stereocenters. The standard InChI is InChI=1S/C13H14ClN5.ClH/c1-9-10(5-16-18-9)4-15-6-12-8-19-7-11(14)2-3-13(19)17-12;/h2-3,5,7-8,15H,4,6H2,1H3,(H,16,18);1H. The summed E-state index contributed by atoms with van der Waals surface area (Å²) >= 11 is 5.94. The van der Waals surface area contributed by atoms with Crippen molar-refractivity contribution in [1.82, 2.24) is 24.9 Å². The highest BCUT2D eigenvalue weighted by molar-refractivity contribution is 6.30. The second-order valence-corrected chi connectivity index (χ2v) is 4.91. The van der Waals surface area contributed by atoms with Crippen LogP contribution in [0.5, 0.6) is 0 Å². The summed E-state index contributed by atoms with van der Waals surface area (Å²) in [6, 6.07) is 3.75. The van der Waals surface area contributed by atoms with Gasteiger partial charge in [0.05, 0.1) is 16.9 Å². The van der Waals surface area contributed by atoms with Crippen molar-refractivity contribution in [2.45, 2.75) is 20.0 Å². The molecule has 7 heteroatoms. The molecular formula is C13H15Cl2N5. The second kappa shape index (κ2) is 6.26. The van der Waals surface area contributed by atoms with Gasteiger partial charge in [0.15, 0.2) is 0 Å². The van der Waals surface area contributed by atoms with Crippen LogP contribution in [0.2, 0.25) is 5.02 Å². The Hall–Kier alpha value is -1.56. The SMILES string of the molecule is Cc1[nH]ncc1CNCc1cn2cc(Cl)ccc2n1.Cl. The van der Waals surface area contributed by atoms with Crippen molar-refractivity contribution in [2.24, 2.45) is 0 Å². The largest absolute Gasteiger partial charge is 0.307 e. The number of hydrogen-bond acceptors (Lipinski definition) is 3. The van der Waals surface area contributed by atoms with Crippen molar-refractivity contribution in [3.05, 3.63) is 52.7 Å². The van der Waals surface area contributed by atoms with Gasteiger partial charge in [0.2, 0.25) is 0 Å². The molecule has 0 aromatic carbocycles. The molecule has 0 bridgehead atoms. The van der Waals surface area contributed by atoms with Gasteiger partial charge in [-0.1, -0.05) is 11.6 Å². The molecule has 3 heterocycles. The summed E-state index contributed by atoms with van der Waals surface area (Å²) in [5, 5.41) is 11.0. The summed E-state index contributed by atoms with van der Waals surface area (Å²) in [5.41, 5.74) is 4.16. The maximum Gasteiger partial charge on any atom is 0.137 e. The van der Waals surface area contributed by atoms with E-state index in [1.54, 1.807) is 0 Å². The fourth-order valence-electron chi connectivity index (χ4n) is 1.98. The number of fused-ring (bicyclic) bond motifs is 1. The topological polar surface area (TPSA) is 58.0 Å². The number of imidazole rings is 1. The van der Waals surface area contributed by atoms with Gasteiger partial charge in [-0.05, 0) is 19.1 Å². The van der Waals surface area contributed by atoms with E-state index in [0.29, 0.717) is 11.6 Å². The minimum atomic E-state index is 0. The van der Waals surface area contributed by atoms with Gasteiger partial charge >= 0.3 is 0 Å². The fourth-order valence-corrected chi connectivity index (χ4v) is 2.15. The fraction of sp³-hybridized carbons (Fsp3) is 0.231. The molecule has 0 aliphatic carbocycles. The first-order valence-electron chi connectivity index (χ1n) is 6.05. The average molecular weight is 312 g/mol. The number of pyridine rings is 1. The number of nitrogens with zero attached hydrogens (tertiary/aromatic N) is 3. The molecule has 0 aliphatic heterocycles. The van der Waals surface area contributed by atoms with Crippen LogP contribution in [-0.2, 0) is 13.1 Å². The smallest absolute Gasteiger partial charge is 0.137 e. The minimum absolute atomic E-state index is 0. The highest BCUT2D eigenvalue weighted by Crippen LogP contribution is 2.11. The van der Waals surface area contributed by atoms with E-state index in [9.17, 15) is 0 Å². The van der Waals surface area contributed by atoms with Gasteiger partial charge in [0.25, 0.3) is 0 Å². The lowest BCUT2D eigenvalue weighted by molar-refractivity contribution is 0.680. The van der Waals surface area contributed by atoms with Crippen LogP contribution in [0, 0.1) is 6.92 Å². The van der Waals surface area contributed by atoms with E-state index in [1.807, 2.05) is 42.0 Å². The highest BCUT2D eigenvalue weighted by atomic mass is 35.5. The van der Waals surface area contributed by atoms with Crippen LogP contribution in [0.25, 0.3) is 5.65 Å². The zero-order chi connectivity index (χ0) is 13.2. The predicted molar refractivity (Wildman–Crippen MR) is 81.3 cm³/mol. The lowest BCUT2D eigenvalue weighted by Gasteiger charge is -2.00. The zero-order valence-electron chi connectivity index (χ0n) is 10.9. The van der Waals surface area contributed by atoms with E-state index in [-0.39, 0.29) is 12.4 Å². The number of halogens is 2. The molecule has 106 valence electrons. The Bertz CT molecular complexity index is 704. The molecule has 0 saturated heterocycles. The molecule has 0 radical (unpaired) electrons. The Balaban J connectivity index is 0.00000147. The maximum atomic E-state index is 5.94. The van der Waals surface area contributed by atoms with Gasteiger partial charge in [-0.15, -0.1) is 12.4 Å². The van der Waals surface area contributed by atoms with Crippen LogP contribution in [0.4, 0.5) is 0 Å². The molecular weight excluding hydrogens is 297 g/mol. The monoisotopic (exact) mass is 311 g/mol. The third-order valence-electron chi connectivity index (χ3n) is 3.02. The van der Waals surface area contributed by atoms with E-state index < -0.39 is 0 Å². The summed E-state index contributed by atoms with van der Waals surface area (Å²) in [4.78, 5) is 4.51. The third kappa shape index (κ3) is 3.12. The van der Waals surface area contributed by atoms with Gasteiger partial charge in [-0.25, -0.2) is 4.98 Å². The zero-order valence-corrected chi connectivity index (χ0v) is 12.5. The number of rotatable bonds is 4. The summed E-state index contributed by atoms with van der Waals surface area (Å²) in [6.45, 7) is 3.50. The molecule has 2 N–H and O–H groups in total. The van der Waals surface area contributed by atoms with Gasteiger partial charge in [0.1, 0.15) is 5.65 Å². The van der Waals surface area contributed by atoms with Crippen LogP contribution in [0.15, 0.2) is 30.7 Å². The first-order valence-corrected chi connectivity index (χ1v) is 6.43. The Morgan fingerprint density at radius 1 is 1.30 bits per heavy atom. The number of hydrogen-bond donors (Lipinski definition) is 2. The predicted octanol–water partition coefficient (Wildman–Crippen LogP) is 2.73. The molecule has 3 aromatic heterocycles. The Labute approximate surface area is 127 Å². The van der Waals surface area contributed by atoms with Gasteiger partial charge in [-0.3, -0.25) is 5.10 Å². The number of aryl methyl sites for hydroxylation is 1. The number of aromatic amines is 1. The van der Waals surface area contributed by atoms with Crippen molar-refractivity contribution in [3.8, 4) is 0 Å². The van der Waals surface area contributed by atoms with E-state index in [4.69, 9.17) is 11.6 Å². The third-order valence-corrected chi connectivity index (χ3v) is 3.24. The van der Waals surface area contributed by atoms with Crippen LogP contribution in [0.3, 0.4) is 0 Å². The van der Waals surface area contributed by atoms with E-state index >= 15 is 0 Å². The summed E-state index contributed by atoms with van der Waals surface area (Å²) in [6.07, 6.45) is 5.68. The molecule has 3 aromatic rings. The molecule has 0 fully saturated rings. The molecule has 20 heavy (non-hydrogen) atoms. The van der Waals surface area contributed by atoms with Gasteiger partial charge in [0, 0.05) is 36.7 Å². The first-order chi connectivity index (χ1) is 9.22. The minimum Gasteiger partial charge on any atom is -0.307 e. The highest BCUT2D eigenvalue weighted by Gasteiger charge is 2.03. The summed E-state index contributed by atoms with van der Waals surface area (Å²) in [7, 11) is 0. The number of aromatic nitrogens is 4. The quantitative estimate of drug-likeness (QED) is 0.779. The first kappa shape index (κ1) is 14.8. The lowest BCUT2D eigenvalue weighted by atomic mass is 10.2. The van der Waals surface area contributed by atoms with Gasteiger partial charge < -0.3 is 9.72 Å². The molecule has 0 atom stereocenters. The van der Waals surface area contributed by atoms with Crippen molar-refractivity contribution >= 4 is 29.7 Å². The average Bonchev–Trinajstić information content (AvgIpc) is 2.95. The molecule has 3 rings (SSSR count). The Morgan fingerprint density at radius 2 is 2.15 bits per heavy atom. The lowest BCUT2D eigenvalue weighted by Crippen LogP contribution is -2.13. The van der Waals surface area contributed by atoms with Crippen LogP contribution < -0.4 is 5.32 Å². The van der Waals surface area contributed by atoms with Crippen LogP contribution in [0.1, 0.15) is 17.0 Å². The van der Waals surface area contributed by atoms with Crippen LogP contribution in [-0.4, -0.2) is 19.6 Å². The Kier molecular flexibility index (Phi) is 4.65. The summed E-state index contributed by atoms with van der Waals surface area (Å²) in [5.74, 6) is 0. The van der Waals surface area contributed by atoms with Crippen molar-refractivity contribution in [3.63, 3.8) is 0 Å². The van der Waals surface area contributed by atoms with Crippen molar-refractivity contribution in [1.29, 1.82) is 0 Å². The van der Waals surface area contributed by atoms with Crippen LogP contribution >= 0.6 is 24.0 Å². The maximum absolute atomic E-state index is 5.94. The molecule has 0 saturated carbocycles. The van der Waals surface area contributed by atoms with Crippen molar-refractivity contribution < 1.29 is 0 Å². The number of H-pyrrole nitrogens is 1. The van der Waals surface area contributed by atoms with E-state index in [0.717, 1.165) is 23.6 Å². The van der Waals surface area contributed by atoms with Crippen molar-refractivity contribution in [2.75, 3.05) is 0 Å². The molecule has 0 spiro atoms. The second-order valence-electron chi connectivity index (χ2n) is 4.47. The molecule has 5 nitrogen and oxygen atoms in total. The van der Waals surface area contributed by atoms with Gasteiger partial charge in [-0.2, -0.15) is 5.10 Å². The number of nitrogens with one attached hydrogen (secondary N) is 2. The van der Waals surface area contributed by atoms with E-state index in [1.165, 1.54) is 5.56 Å². The Morgan fingerprint density at radius 3 is 2.90 bits per heavy atom. The molecule has 0 aliphatic rings. The normalized spacial score (nSPS) is 10.7. The molecule has 0 amide bonds. The summed E-state index contributed by atoms with van der Waals surface area (Å²) < 4.78 is 1.93.